The van der Waals surface area contributed by atoms with Crippen LogP contribution in [-0.4, -0.2) is 80.1 Å². The first-order valence-corrected chi connectivity index (χ1v) is 9.30. The fourth-order valence-electron chi connectivity index (χ4n) is 3.04. The van der Waals surface area contributed by atoms with Crippen LogP contribution in [0.25, 0.3) is 0 Å². The molecule has 1 aromatic heterocycles. The molecule has 0 spiro atoms. The second-order valence-corrected chi connectivity index (χ2v) is 6.61. The van der Waals surface area contributed by atoms with Gasteiger partial charge in [-0.05, 0) is 25.5 Å². The molecule has 2 heterocycles. The standard InChI is InChI=1S/C19H31N5O2.HI/c1-4-20-19(24-12-8-16(14-24)15-26-3)22-13-18(25)23(2)11-9-17-7-5-6-10-21-17;/h5-7,10,16H,4,8-9,11-15H2,1-3H3,(H,20,22);1H. The van der Waals surface area contributed by atoms with Crippen LogP contribution >= 0.6 is 24.0 Å². The SMILES string of the molecule is CCNC(=NCC(=O)N(C)CCc1ccccn1)N1CCC(COC)C1.I. The number of nitrogens with one attached hydrogen (secondary N) is 1. The Morgan fingerprint density at radius 1 is 1.48 bits per heavy atom. The largest absolute Gasteiger partial charge is 0.384 e. The maximum Gasteiger partial charge on any atom is 0.244 e. The van der Waals surface area contributed by atoms with E-state index in [0.29, 0.717) is 12.5 Å². The zero-order valence-electron chi connectivity index (χ0n) is 16.6. The zero-order valence-corrected chi connectivity index (χ0v) is 18.9. The summed E-state index contributed by atoms with van der Waals surface area (Å²) in [4.78, 5) is 25.2. The van der Waals surface area contributed by atoms with Crippen LogP contribution in [0, 0.1) is 5.92 Å². The molecule has 2 rings (SSSR count). The smallest absolute Gasteiger partial charge is 0.244 e. The molecule has 1 amide bonds. The number of aromatic nitrogens is 1. The molecule has 1 aliphatic heterocycles. The van der Waals surface area contributed by atoms with E-state index in [9.17, 15) is 4.79 Å². The Morgan fingerprint density at radius 3 is 2.96 bits per heavy atom. The lowest BCUT2D eigenvalue weighted by Crippen LogP contribution is -2.41. The molecule has 0 aromatic carbocycles. The number of carbonyl (C=O) groups is 1. The molecule has 8 heteroatoms. The predicted molar refractivity (Wildman–Crippen MR) is 119 cm³/mol. The van der Waals surface area contributed by atoms with E-state index in [1.807, 2.05) is 32.2 Å². The Morgan fingerprint density at radius 2 is 2.30 bits per heavy atom. The van der Waals surface area contributed by atoms with Crippen molar-refractivity contribution >= 4 is 35.8 Å². The van der Waals surface area contributed by atoms with Crippen LogP contribution in [0.5, 0.6) is 0 Å². The van der Waals surface area contributed by atoms with Gasteiger partial charge in [0.15, 0.2) is 5.96 Å². The Bertz CT molecular complexity index is 585. The average molecular weight is 489 g/mol. The molecule has 1 N–H and O–H groups in total. The highest BCUT2D eigenvalue weighted by Gasteiger charge is 2.24. The third-order valence-electron chi connectivity index (χ3n) is 4.54. The van der Waals surface area contributed by atoms with E-state index >= 15 is 0 Å². The lowest BCUT2D eigenvalue weighted by Gasteiger charge is -2.22. The number of nitrogens with zero attached hydrogens (tertiary/aromatic N) is 4. The van der Waals surface area contributed by atoms with Crippen LogP contribution in [0.2, 0.25) is 0 Å². The molecule has 0 aliphatic carbocycles. The number of carbonyl (C=O) groups excluding carboxylic acids is 1. The number of hydrogen-bond donors (Lipinski definition) is 1. The molecule has 0 bridgehead atoms. The molecule has 1 aliphatic rings. The maximum atomic E-state index is 12.4. The predicted octanol–water partition coefficient (Wildman–Crippen LogP) is 1.63. The van der Waals surface area contributed by atoms with E-state index in [1.54, 1.807) is 18.2 Å². The second-order valence-electron chi connectivity index (χ2n) is 6.61. The van der Waals surface area contributed by atoms with Gasteiger partial charge in [0.25, 0.3) is 0 Å². The Hall–Kier alpha value is -1.42. The van der Waals surface area contributed by atoms with Gasteiger partial charge in [0.2, 0.25) is 5.91 Å². The highest BCUT2D eigenvalue weighted by Crippen LogP contribution is 2.16. The summed E-state index contributed by atoms with van der Waals surface area (Å²) in [6, 6.07) is 5.83. The van der Waals surface area contributed by atoms with Crippen molar-refractivity contribution in [1.29, 1.82) is 0 Å². The number of pyridine rings is 1. The Kier molecular flexibility index (Phi) is 11.3. The van der Waals surface area contributed by atoms with Crippen LogP contribution in [-0.2, 0) is 16.0 Å². The number of likely N-dealkylation sites (N-methyl/N-ethyl adjacent to an activating group) is 1. The Labute approximate surface area is 179 Å². The number of hydrogen-bond acceptors (Lipinski definition) is 4. The van der Waals surface area contributed by atoms with E-state index in [-0.39, 0.29) is 36.4 Å². The molecule has 1 aromatic rings. The quantitative estimate of drug-likeness (QED) is 0.342. The van der Waals surface area contributed by atoms with E-state index in [0.717, 1.165) is 50.7 Å². The fraction of sp³-hybridized carbons (Fsp3) is 0.632. The summed E-state index contributed by atoms with van der Waals surface area (Å²) in [5.41, 5.74) is 0.991. The molecular formula is C19H32IN5O2. The van der Waals surface area contributed by atoms with Gasteiger partial charge in [0.1, 0.15) is 6.54 Å². The van der Waals surface area contributed by atoms with Crippen LogP contribution in [0.4, 0.5) is 0 Å². The zero-order chi connectivity index (χ0) is 18.8. The van der Waals surface area contributed by atoms with Gasteiger partial charge < -0.3 is 19.9 Å². The molecule has 27 heavy (non-hydrogen) atoms. The Balaban J connectivity index is 0.00000364. The van der Waals surface area contributed by atoms with Gasteiger partial charge in [-0.2, -0.15) is 0 Å². The summed E-state index contributed by atoms with van der Waals surface area (Å²) in [6.07, 6.45) is 3.62. The molecule has 7 nitrogen and oxygen atoms in total. The van der Waals surface area contributed by atoms with Gasteiger partial charge in [-0.25, -0.2) is 4.99 Å². The molecule has 0 saturated carbocycles. The molecule has 0 radical (unpaired) electrons. The topological polar surface area (TPSA) is 70.1 Å². The summed E-state index contributed by atoms with van der Waals surface area (Å²) in [6.45, 7) is 6.26. The van der Waals surface area contributed by atoms with E-state index in [2.05, 4.69) is 20.2 Å². The van der Waals surface area contributed by atoms with Crippen molar-refractivity contribution in [3.8, 4) is 0 Å². The van der Waals surface area contributed by atoms with Gasteiger partial charge in [-0.15, -0.1) is 24.0 Å². The third kappa shape index (κ3) is 8.00. The van der Waals surface area contributed by atoms with Gasteiger partial charge in [-0.3, -0.25) is 9.78 Å². The monoisotopic (exact) mass is 489 g/mol. The number of aliphatic imine (C=N–C) groups is 1. The summed E-state index contributed by atoms with van der Waals surface area (Å²) < 4.78 is 5.25. The summed E-state index contributed by atoms with van der Waals surface area (Å²) in [5, 5.41) is 3.29. The van der Waals surface area contributed by atoms with Crippen molar-refractivity contribution in [2.24, 2.45) is 10.9 Å². The minimum absolute atomic E-state index is 0. The maximum absolute atomic E-state index is 12.4. The van der Waals surface area contributed by atoms with Crippen LogP contribution in [0.1, 0.15) is 19.0 Å². The molecule has 1 unspecified atom stereocenters. The summed E-state index contributed by atoms with van der Waals surface area (Å²) >= 11 is 0. The third-order valence-corrected chi connectivity index (χ3v) is 4.54. The molecule has 1 saturated heterocycles. The molecule has 1 fully saturated rings. The number of guanidine groups is 1. The van der Waals surface area contributed by atoms with Crippen molar-refractivity contribution in [1.82, 2.24) is 20.1 Å². The molecule has 152 valence electrons. The first-order valence-electron chi connectivity index (χ1n) is 9.30. The van der Waals surface area contributed by atoms with Crippen LogP contribution in [0.15, 0.2) is 29.4 Å². The van der Waals surface area contributed by atoms with Gasteiger partial charge in [0, 0.05) is 64.6 Å². The fourth-order valence-corrected chi connectivity index (χ4v) is 3.04. The first-order chi connectivity index (χ1) is 12.6. The summed E-state index contributed by atoms with van der Waals surface area (Å²) in [7, 11) is 3.56. The highest BCUT2D eigenvalue weighted by atomic mass is 127. The normalized spacial score (nSPS) is 16.8. The molecular weight excluding hydrogens is 457 g/mol. The van der Waals surface area contributed by atoms with Crippen molar-refractivity contribution in [2.45, 2.75) is 19.8 Å². The highest BCUT2D eigenvalue weighted by molar-refractivity contribution is 14.0. The number of ether oxygens (including phenoxy) is 1. The van der Waals surface area contributed by atoms with Crippen molar-refractivity contribution in [3.05, 3.63) is 30.1 Å². The van der Waals surface area contributed by atoms with Crippen LogP contribution < -0.4 is 5.32 Å². The number of likely N-dealkylation sites (tertiary alicyclic amines) is 1. The van der Waals surface area contributed by atoms with Crippen molar-refractivity contribution in [2.75, 3.05) is 53.5 Å². The van der Waals surface area contributed by atoms with Gasteiger partial charge in [-0.1, -0.05) is 6.07 Å². The van der Waals surface area contributed by atoms with E-state index in [4.69, 9.17) is 4.74 Å². The van der Waals surface area contributed by atoms with Crippen LogP contribution in [0.3, 0.4) is 0 Å². The lowest BCUT2D eigenvalue weighted by atomic mass is 10.1. The van der Waals surface area contributed by atoms with Gasteiger partial charge in [0.05, 0.1) is 6.61 Å². The number of methoxy groups -OCH3 is 1. The van der Waals surface area contributed by atoms with Crippen molar-refractivity contribution < 1.29 is 9.53 Å². The number of amides is 1. The summed E-state index contributed by atoms with van der Waals surface area (Å²) in [5.74, 6) is 1.36. The average Bonchev–Trinajstić information content (AvgIpc) is 3.12. The molecule has 1 atom stereocenters. The first kappa shape index (κ1) is 23.6. The van der Waals surface area contributed by atoms with E-state index in [1.165, 1.54) is 0 Å². The minimum Gasteiger partial charge on any atom is -0.384 e. The number of rotatable bonds is 8. The van der Waals surface area contributed by atoms with Crippen molar-refractivity contribution in [3.63, 3.8) is 0 Å². The minimum atomic E-state index is 0. The van der Waals surface area contributed by atoms with E-state index < -0.39 is 0 Å². The lowest BCUT2D eigenvalue weighted by molar-refractivity contribution is -0.128. The number of halogens is 1. The second kappa shape index (κ2) is 12.9. The van der Waals surface area contributed by atoms with Gasteiger partial charge >= 0.3 is 0 Å².